The lowest BCUT2D eigenvalue weighted by atomic mass is 10.1. The maximum atomic E-state index is 12.4. The predicted octanol–water partition coefficient (Wildman–Crippen LogP) is 1.06. The van der Waals surface area contributed by atoms with E-state index in [-0.39, 0.29) is 42.4 Å². The van der Waals surface area contributed by atoms with Gasteiger partial charge in [-0.3, -0.25) is 13.9 Å². The number of hydrogen-bond donors (Lipinski definition) is 4. The Morgan fingerprint density at radius 3 is 2.76 bits per heavy atom. The van der Waals surface area contributed by atoms with Gasteiger partial charge in [-0.05, 0) is 36.6 Å². The van der Waals surface area contributed by atoms with Crippen LogP contribution in [0.15, 0.2) is 23.4 Å². The van der Waals surface area contributed by atoms with E-state index >= 15 is 0 Å². The van der Waals surface area contributed by atoms with Crippen LogP contribution in [-0.2, 0) is 59.6 Å². The van der Waals surface area contributed by atoms with Crippen LogP contribution in [0.3, 0.4) is 0 Å². The standard InChI is InChI=1S/C21H22N8O9P2S2/c1-10-25-19-15(20(31)26-10)24-9-29(19)21-17-16(30)13(37-21)7-35-39(32,41)34-4-3-28-14(8-36-40(33,42)38-17)27-12-5-11(22-2)6-23-18(12)28/h5-6,9,13,16-17,21,30H,3-4,7-8H2,1H3,(H,32,41)(H,33,42)(H,25,26,31)/t13-,16-,17-,21-,39?,40?/m1/s1. The smallest absolute Gasteiger partial charge is 0.325 e. The van der Waals surface area contributed by atoms with E-state index in [4.69, 9.17) is 53.0 Å². The second-order valence-corrected chi connectivity index (χ2v) is 14.9. The van der Waals surface area contributed by atoms with Gasteiger partial charge in [0.05, 0.1) is 31.6 Å². The van der Waals surface area contributed by atoms with Crippen molar-refractivity contribution in [3.8, 4) is 0 Å². The lowest BCUT2D eigenvalue weighted by molar-refractivity contribution is -0.0483. The van der Waals surface area contributed by atoms with Gasteiger partial charge in [0.2, 0.25) is 5.69 Å². The highest BCUT2D eigenvalue weighted by Gasteiger charge is 2.49. The molecule has 6 heterocycles. The summed E-state index contributed by atoms with van der Waals surface area (Å²) >= 11 is 10.4. The van der Waals surface area contributed by atoms with Crippen LogP contribution >= 0.6 is 13.4 Å². The molecular weight excluding hydrogens is 634 g/mol. The molecule has 2 unspecified atom stereocenters. The van der Waals surface area contributed by atoms with Gasteiger partial charge in [-0.25, -0.2) is 24.8 Å². The minimum Gasteiger partial charge on any atom is -0.387 e. The highest BCUT2D eigenvalue weighted by Crippen LogP contribution is 2.51. The molecule has 0 aliphatic carbocycles. The van der Waals surface area contributed by atoms with Gasteiger partial charge in [0, 0.05) is 12.7 Å². The van der Waals surface area contributed by atoms with E-state index in [9.17, 15) is 19.7 Å². The molecule has 4 N–H and O–H groups in total. The Morgan fingerprint density at radius 2 is 1.98 bits per heavy atom. The Labute approximate surface area is 246 Å². The zero-order valence-electron chi connectivity index (χ0n) is 21.5. The first-order chi connectivity index (χ1) is 19.9. The van der Waals surface area contributed by atoms with Crippen LogP contribution in [0.25, 0.3) is 27.2 Å². The van der Waals surface area contributed by atoms with E-state index in [2.05, 4.69) is 29.8 Å². The summed E-state index contributed by atoms with van der Waals surface area (Å²) in [6, 6.07) is 1.53. The van der Waals surface area contributed by atoms with Crippen LogP contribution in [-0.4, -0.2) is 80.5 Å². The number of nitrogens with one attached hydrogen (secondary N) is 1. The zero-order valence-corrected chi connectivity index (χ0v) is 24.9. The molecule has 21 heteroatoms. The van der Waals surface area contributed by atoms with Crippen molar-refractivity contribution >= 4 is 65.1 Å². The van der Waals surface area contributed by atoms with Gasteiger partial charge < -0.3 is 42.8 Å². The second-order valence-electron chi connectivity index (χ2n) is 9.27. The molecule has 222 valence electrons. The third-order valence-electron chi connectivity index (χ3n) is 6.50. The van der Waals surface area contributed by atoms with E-state index in [1.165, 1.54) is 23.2 Å². The Kier molecular flexibility index (Phi) is 7.85. The van der Waals surface area contributed by atoms with Crippen molar-refractivity contribution in [1.82, 2.24) is 34.1 Å². The second kappa shape index (κ2) is 11.2. The molecule has 0 radical (unpaired) electrons. The van der Waals surface area contributed by atoms with Crippen molar-refractivity contribution in [2.45, 2.75) is 44.6 Å². The molecule has 6 atom stereocenters. The van der Waals surface area contributed by atoms with Gasteiger partial charge in [0.25, 0.3) is 5.56 Å². The number of ether oxygens (including phenoxy) is 1. The number of aromatic amines is 1. The molecule has 6 rings (SSSR count). The Balaban J connectivity index is 1.38. The van der Waals surface area contributed by atoms with Crippen LogP contribution in [0, 0.1) is 13.5 Å². The third kappa shape index (κ3) is 5.69. The molecule has 4 aromatic rings. The number of pyridine rings is 1. The minimum atomic E-state index is -4.10. The number of aliphatic hydroxyl groups is 1. The summed E-state index contributed by atoms with van der Waals surface area (Å²) in [4.78, 5) is 57.3. The lowest BCUT2D eigenvalue weighted by Gasteiger charge is -2.26. The highest BCUT2D eigenvalue weighted by molar-refractivity contribution is 8.07. The summed E-state index contributed by atoms with van der Waals surface area (Å²) in [6.45, 7) is 0.120. The van der Waals surface area contributed by atoms with E-state index < -0.39 is 50.1 Å². The summed E-state index contributed by atoms with van der Waals surface area (Å²) in [5, 5.41) is 11.2. The Hall–Kier alpha value is -2.56. The number of nitrogens with zero attached hydrogens (tertiary/aromatic N) is 7. The molecule has 2 aliphatic rings. The van der Waals surface area contributed by atoms with Crippen LogP contribution in [0.1, 0.15) is 17.9 Å². The number of aromatic nitrogens is 7. The van der Waals surface area contributed by atoms with Crippen molar-refractivity contribution in [2.24, 2.45) is 0 Å². The molecule has 1 saturated heterocycles. The van der Waals surface area contributed by atoms with Crippen molar-refractivity contribution in [3.05, 3.63) is 52.0 Å². The maximum absolute atomic E-state index is 12.4. The number of rotatable bonds is 1. The summed E-state index contributed by atoms with van der Waals surface area (Å²) in [7, 11) is 0. The van der Waals surface area contributed by atoms with Gasteiger partial charge in [0.15, 0.2) is 23.0 Å². The number of H-pyrrole nitrogens is 1. The normalized spacial score (nSPS) is 30.9. The summed E-state index contributed by atoms with van der Waals surface area (Å²) in [5.41, 5.74) is 0.676. The topological polar surface area (TPSA) is 205 Å². The van der Waals surface area contributed by atoms with Gasteiger partial charge in [-0.1, -0.05) is 0 Å². The molecule has 42 heavy (non-hydrogen) atoms. The van der Waals surface area contributed by atoms with Gasteiger partial charge >= 0.3 is 13.4 Å². The molecule has 4 aromatic heterocycles. The van der Waals surface area contributed by atoms with Gasteiger partial charge in [-0.15, -0.1) is 0 Å². The SMILES string of the molecule is [C-]#[N+]c1cnc2c(c1)nc1n2CCOP(O)(=S)OC[C@H]2O[C@@H](n3cnc4c(=O)[nH]c(C)nc43)[C@H](OP(O)(=S)OC1)[C@@H]2O. The average molecular weight is 657 g/mol. The minimum absolute atomic E-state index is 0.00658. The van der Waals surface area contributed by atoms with E-state index in [1.54, 1.807) is 11.5 Å². The fourth-order valence-electron chi connectivity index (χ4n) is 4.64. The van der Waals surface area contributed by atoms with Gasteiger partial charge in [0.1, 0.15) is 36.6 Å². The first kappa shape index (κ1) is 29.5. The molecule has 2 bridgehead atoms. The van der Waals surface area contributed by atoms with Crippen LogP contribution in [0.4, 0.5) is 5.69 Å². The molecule has 0 amide bonds. The van der Waals surface area contributed by atoms with Crippen LogP contribution in [0.5, 0.6) is 0 Å². The fraction of sp³-hybridized carbons (Fsp3) is 0.429. The molecule has 0 saturated carbocycles. The predicted molar refractivity (Wildman–Crippen MR) is 151 cm³/mol. The van der Waals surface area contributed by atoms with Crippen molar-refractivity contribution in [3.63, 3.8) is 0 Å². The highest BCUT2D eigenvalue weighted by atomic mass is 32.5. The van der Waals surface area contributed by atoms with E-state index in [1.807, 2.05) is 0 Å². The number of imidazole rings is 2. The summed E-state index contributed by atoms with van der Waals surface area (Å²) < 4.78 is 31.4. The number of aliphatic hydroxyl groups excluding tert-OH is 1. The molecule has 17 nitrogen and oxygen atoms in total. The number of fused-ring (bicyclic) bond motifs is 6. The maximum Gasteiger partial charge on any atom is 0.325 e. The number of hydrogen-bond acceptors (Lipinski definition) is 13. The molecule has 1 fully saturated rings. The van der Waals surface area contributed by atoms with Gasteiger partial charge in [-0.2, -0.15) is 0 Å². The Bertz CT molecular complexity index is 1890. The first-order valence-electron chi connectivity index (χ1n) is 12.2. The molecule has 0 aromatic carbocycles. The lowest BCUT2D eigenvalue weighted by Crippen LogP contribution is -2.35. The third-order valence-corrected chi connectivity index (χ3v) is 9.66. The van der Waals surface area contributed by atoms with Crippen molar-refractivity contribution in [2.75, 3.05) is 13.2 Å². The van der Waals surface area contributed by atoms with Crippen LogP contribution in [0.2, 0.25) is 0 Å². The molecule has 2 aliphatic heterocycles. The summed E-state index contributed by atoms with van der Waals surface area (Å²) in [6.07, 6.45) is -2.54. The van der Waals surface area contributed by atoms with Crippen molar-refractivity contribution < 1.29 is 37.7 Å². The molecular formula is C21H22N8O9P2S2. The fourth-order valence-corrected chi connectivity index (χ4v) is 7.11. The van der Waals surface area contributed by atoms with E-state index in [0.29, 0.717) is 17.0 Å². The molecule has 0 spiro atoms. The van der Waals surface area contributed by atoms with E-state index in [0.717, 1.165) is 0 Å². The number of aryl methyl sites for hydroxylation is 1. The largest absolute Gasteiger partial charge is 0.387 e. The summed E-state index contributed by atoms with van der Waals surface area (Å²) in [5.74, 6) is 0.559. The van der Waals surface area contributed by atoms with Crippen LogP contribution < -0.4 is 5.56 Å². The average Bonchev–Trinajstić information content (AvgIpc) is 3.59. The monoisotopic (exact) mass is 656 g/mol. The van der Waals surface area contributed by atoms with Crippen molar-refractivity contribution in [1.29, 1.82) is 0 Å². The Morgan fingerprint density at radius 1 is 1.17 bits per heavy atom. The quantitative estimate of drug-likeness (QED) is 0.167. The zero-order chi connectivity index (χ0) is 29.8. The first-order valence-corrected chi connectivity index (χ1v) is 17.4.